The van der Waals surface area contributed by atoms with Crippen LogP contribution in [0, 0.1) is 0 Å². The smallest absolute Gasteiger partial charge is 0.233 e. The highest BCUT2D eigenvalue weighted by atomic mass is 32.2. The molecule has 0 aliphatic rings. The number of carbonyl (C=O) groups is 1. The van der Waals surface area contributed by atoms with Crippen molar-refractivity contribution in [3.05, 3.63) is 18.2 Å². The second kappa shape index (κ2) is 6.88. The lowest BCUT2D eigenvalue weighted by Crippen LogP contribution is -2.44. The third kappa shape index (κ3) is 4.96. The van der Waals surface area contributed by atoms with Gasteiger partial charge in [0, 0.05) is 10.4 Å². The van der Waals surface area contributed by atoms with Gasteiger partial charge in [-0.15, -0.1) is 11.8 Å². The molecule has 0 fully saturated rings. The van der Waals surface area contributed by atoms with Crippen LogP contribution in [-0.2, 0) is 4.79 Å². The van der Waals surface area contributed by atoms with Crippen LogP contribution in [0.25, 0.3) is 0 Å². The summed E-state index contributed by atoms with van der Waals surface area (Å²) in [7, 11) is 3.20. The average Bonchev–Trinajstić information content (AvgIpc) is 2.36. The van der Waals surface area contributed by atoms with Crippen molar-refractivity contribution in [2.75, 3.05) is 14.2 Å². The predicted molar refractivity (Wildman–Crippen MR) is 82.8 cm³/mol. The summed E-state index contributed by atoms with van der Waals surface area (Å²) in [6.07, 6.45) is 0. The molecule has 1 N–H and O–H groups in total. The Bertz CT molecular complexity index is 469. The Morgan fingerprint density at radius 2 is 1.80 bits per heavy atom. The summed E-state index contributed by atoms with van der Waals surface area (Å²) in [5.41, 5.74) is -0.219. The Labute approximate surface area is 125 Å². The lowest BCUT2D eigenvalue weighted by molar-refractivity contribution is -0.121. The fourth-order valence-corrected chi connectivity index (χ4v) is 2.51. The molecule has 0 spiro atoms. The molecule has 0 saturated carbocycles. The van der Waals surface area contributed by atoms with E-state index in [1.807, 2.05) is 45.9 Å². The van der Waals surface area contributed by atoms with E-state index >= 15 is 0 Å². The normalized spacial score (nSPS) is 12.7. The molecule has 0 heterocycles. The molecule has 0 radical (unpaired) electrons. The Morgan fingerprint density at radius 3 is 2.30 bits per heavy atom. The van der Waals surface area contributed by atoms with Crippen molar-refractivity contribution in [3.8, 4) is 11.5 Å². The van der Waals surface area contributed by atoms with Crippen molar-refractivity contribution in [2.45, 2.75) is 43.4 Å². The second-order valence-corrected chi connectivity index (χ2v) is 6.93. The molecule has 0 aliphatic heterocycles. The first kappa shape index (κ1) is 16.7. The van der Waals surface area contributed by atoms with Crippen LogP contribution in [0.15, 0.2) is 23.1 Å². The molecule has 1 amide bonds. The third-order valence-corrected chi connectivity index (χ3v) is 3.63. The SMILES string of the molecule is COc1ccc(S[C@@H](C)C(=O)NC(C)(C)C)cc1OC. The predicted octanol–water partition coefficient (Wildman–Crippen LogP) is 3.10. The van der Waals surface area contributed by atoms with E-state index in [1.54, 1.807) is 14.2 Å². The summed E-state index contributed by atoms with van der Waals surface area (Å²) < 4.78 is 10.5. The molecule has 5 heteroatoms. The zero-order valence-corrected chi connectivity index (χ0v) is 13.8. The first-order valence-electron chi connectivity index (χ1n) is 6.47. The molecule has 4 nitrogen and oxygen atoms in total. The number of carbonyl (C=O) groups excluding carboxylic acids is 1. The van der Waals surface area contributed by atoms with Crippen molar-refractivity contribution >= 4 is 17.7 Å². The van der Waals surface area contributed by atoms with Crippen LogP contribution >= 0.6 is 11.8 Å². The van der Waals surface area contributed by atoms with Gasteiger partial charge in [-0.25, -0.2) is 0 Å². The van der Waals surface area contributed by atoms with E-state index in [9.17, 15) is 4.79 Å². The summed E-state index contributed by atoms with van der Waals surface area (Å²) in [5, 5.41) is 2.80. The minimum absolute atomic E-state index is 0.0253. The highest BCUT2D eigenvalue weighted by molar-refractivity contribution is 8.00. The van der Waals surface area contributed by atoms with Crippen molar-refractivity contribution in [3.63, 3.8) is 0 Å². The molecule has 112 valence electrons. The second-order valence-electron chi connectivity index (χ2n) is 5.52. The molecule has 1 aromatic carbocycles. The van der Waals surface area contributed by atoms with Crippen molar-refractivity contribution < 1.29 is 14.3 Å². The van der Waals surface area contributed by atoms with Gasteiger partial charge in [0.05, 0.1) is 19.5 Å². The topological polar surface area (TPSA) is 47.6 Å². The first-order chi connectivity index (χ1) is 9.26. The van der Waals surface area contributed by atoms with Crippen LogP contribution in [0.2, 0.25) is 0 Å². The Hall–Kier alpha value is -1.36. The summed E-state index contributed by atoms with van der Waals surface area (Å²) in [5.74, 6) is 1.38. The molecule has 1 rings (SSSR count). The molecule has 0 aliphatic carbocycles. The van der Waals surface area contributed by atoms with Gasteiger partial charge in [0.15, 0.2) is 11.5 Å². The van der Waals surface area contributed by atoms with E-state index < -0.39 is 0 Å². The molecular weight excluding hydrogens is 274 g/mol. The molecule has 0 saturated heterocycles. The Balaban J connectivity index is 2.75. The van der Waals surface area contributed by atoms with Crippen LogP contribution in [0.5, 0.6) is 11.5 Å². The van der Waals surface area contributed by atoms with Crippen LogP contribution in [-0.4, -0.2) is 30.9 Å². The van der Waals surface area contributed by atoms with Crippen LogP contribution < -0.4 is 14.8 Å². The number of rotatable bonds is 5. The highest BCUT2D eigenvalue weighted by Crippen LogP contribution is 2.33. The Kier molecular flexibility index (Phi) is 5.74. The maximum atomic E-state index is 12.1. The van der Waals surface area contributed by atoms with E-state index in [2.05, 4.69) is 5.32 Å². The maximum absolute atomic E-state index is 12.1. The van der Waals surface area contributed by atoms with Crippen molar-refractivity contribution in [1.82, 2.24) is 5.32 Å². The van der Waals surface area contributed by atoms with Gasteiger partial charge in [-0.05, 0) is 45.9 Å². The quantitative estimate of drug-likeness (QED) is 0.848. The number of thioether (sulfide) groups is 1. The van der Waals surface area contributed by atoms with Gasteiger partial charge in [0.1, 0.15) is 0 Å². The monoisotopic (exact) mass is 297 g/mol. The lowest BCUT2D eigenvalue weighted by Gasteiger charge is -2.23. The zero-order valence-electron chi connectivity index (χ0n) is 12.9. The summed E-state index contributed by atoms with van der Waals surface area (Å²) in [6.45, 7) is 7.80. The van der Waals surface area contributed by atoms with E-state index in [4.69, 9.17) is 9.47 Å². The number of methoxy groups -OCH3 is 2. The summed E-state index contributed by atoms with van der Waals surface area (Å²) in [4.78, 5) is 13.0. The fraction of sp³-hybridized carbons (Fsp3) is 0.533. The van der Waals surface area contributed by atoms with Gasteiger partial charge in [-0.2, -0.15) is 0 Å². The van der Waals surface area contributed by atoms with Gasteiger partial charge in [0.2, 0.25) is 5.91 Å². The van der Waals surface area contributed by atoms with Gasteiger partial charge >= 0.3 is 0 Å². The zero-order chi connectivity index (χ0) is 15.3. The minimum atomic E-state index is -0.219. The summed E-state index contributed by atoms with van der Waals surface area (Å²) in [6, 6.07) is 5.65. The van der Waals surface area contributed by atoms with Gasteiger partial charge in [0.25, 0.3) is 0 Å². The number of amides is 1. The first-order valence-corrected chi connectivity index (χ1v) is 7.35. The lowest BCUT2D eigenvalue weighted by atomic mass is 10.1. The van der Waals surface area contributed by atoms with E-state index in [-0.39, 0.29) is 16.7 Å². The van der Waals surface area contributed by atoms with E-state index in [1.165, 1.54) is 11.8 Å². The van der Waals surface area contributed by atoms with Crippen molar-refractivity contribution in [1.29, 1.82) is 0 Å². The standard InChI is InChI=1S/C15H23NO3S/c1-10(14(17)16-15(2,3)4)20-11-7-8-12(18-5)13(9-11)19-6/h7-10H,1-6H3,(H,16,17)/t10-/m0/s1. The molecule has 0 bridgehead atoms. The van der Waals surface area contributed by atoms with Crippen LogP contribution in [0.3, 0.4) is 0 Å². The highest BCUT2D eigenvalue weighted by Gasteiger charge is 2.20. The van der Waals surface area contributed by atoms with Crippen LogP contribution in [0.1, 0.15) is 27.7 Å². The summed E-state index contributed by atoms with van der Waals surface area (Å²) >= 11 is 1.49. The molecule has 1 atom stereocenters. The van der Waals surface area contributed by atoms with E-state index in [0.29, 0.717) is 11.5 Å². The van der Waals surface area contributed by atoms with Crippen LogP contribution in [0.4, 0.5) is 0 Å². The minimum Gasteiger partial charge on any atom is -0.493 e. The number of ether oxygens (including phenoxy) is 2. The molecule has 0 unspecified atom stereocenters. The van der Waals surface area contributed by atoms with Gasteiger partial charge in [-0.3, -0.25) is 4.79 Å². The number of hydrogen-bond donors (Lipinski definition) is 1. The van der Waals surface area contributed by atoms with E-state index in [0.717, 1.165) is 4.90 Å². The molecule has 1 aromatic rings. The average molecular weight is 297 g/mol. The Morgan fingerprint density at radius 1 is 1.20 bits per heavy atom. The van der Waals surface area contributed by atoms with Gasteiger partial charge < -0.3 is 14.8 Å². The maximum Gasteiger partial charge on any atom is 0.233 e. The largest absolute Gasteiger partial charge is 0.493 e. The number of benzene rings is 1. The fourth-order valence-electron chi connectivity index (χ4n) is 1.62. The third-order valence-electron chi connectivity index (χ3n) is 2.54. The van der Waals surface area contributed by atoms with Crippen molar-refractivity contribution in [2.24, 2.45) is 0 Å². The molecule has 20 heavy (non-hydrogen) atoms. The molecule has 0 aromatic heterocycles. The number of hydrogen-bond acceptors (Lipinski definition) is 4. The number of nitrogens with one attached hydrogen (secondary N) is 1. The van der Waals surface area contributed by atoms with Gasteiger partial charge in [-0.1, -0.05) is 0 Å². The molecular formula is C15H23NO3S.